The summed E-state index contributed by atoms with van der Waals surface area (Å²) in [6, 6.07) is 6.00. The number of aromatic nitrogens is 3. The van der Waals surface area contributed by atoms with Crippen LogP contribution in [0.25, 0.3) is 0 Å². The van der Waals surface area contributed by atoms with Gasteiger partial charge < -0.3 is 10.2 Å². The molecule has 1 aliphatic heterocycles. The number of hydrogen-bond acceptors (Lipinski definition) is 9. The van der Waals surface area contributed by atoms with Gasteiger partial charge in [-0.25, -0.2) is 5.84 Å². The van der Waals surface area contributed by atoms with Gasteiger partial charge >= 0.3 is 0 Å². The molecule has 10 nitrogen and oxygen atoms in total. The molecule has 0 aliphatic carbocycles. The van der Waals surface area contributed by atoms with Gasteiger partial charge in [0, 0.05) is 30.9 Å². The monoisotopic (exact) mass is 316 g/mol. The summed E-state index contributed by atoms with van der Waals surface area (Å²) in [4.78, 5) is 25.1. The van der Waals surface area contributed by atoms with Crippen LogP contribution in [0, 0.1) is 10.1 Å². The predicted molar refractivity (Wildman–Crippen MR) is 85.5 cm³/mol. The number of nitrogens with two attached hydrogens (primary N) is 1. The second kappa shape index (κ2) is 6.40. The summed E-state index contributed by atoms with van der Waals surface area (Å²) < 4.78 is 0. The number of nitrogen functional groups attached to an aromatic ring is 1. The molecule has 0 radical (unpaired) electrons. The smallest absolute Gasteiger partial charge is 0.269 e. The van der Waals surface area contributed by atoms with Crippen molar-refractivity contribution in [2.75, 3.05) is 28.7 Å². The fourth-order valence-electron chi connectivity index (χ4n) is 2.34. The Labute approximate surface area is 131 Å². The van der Waals surface area contributed by atoms with Crippen LogP contribution in [0.2, 0.25) is 0 Å². The van der Waals surface area contributed by atoms with Crippen LogP contribution in [0.3, 0.4) is 0 Å². The molecule has 0 bridgehead atoms. The number of benzene rings is 1. The van der Waals surface area contributed by atoms with Crippen LogP contribution >= 0.6 is 0 Å². The molecule has 3 rings (SSSR count). The van der Waals surface area contributed by atoms with Crippen molar-refractivity contribution in [2.45, 2.75) is 12.8 Å². The Morgan fingerprint density at radius 1 is 1.09 bits per heavy atom. The molecule has 10 heteroatoms. The number of rotatable bonds is 5. The first-order valence-electron chi connectivity index (χ1n) is 7.15. The van der Waals surface area contributed by atoms with E-state index in [0.29, 0.717) is 17.6 Å². The van der Waals surface area contributed by atoms with Gasteiger partial charge in [-0.3, -0.25) is 15.5 Å². The number of hydrogen-bond donors (Lipinski definition) is 3. The maximum absolute atomic E-state index is 10.7. The number of nitrogens with zero attached hydrogens (tertiary/aromatic N) is 5. The summed E-state index contributed by atoms with van der Waals surface area (Å²) in [6.07, 6.45) is 2.20. The van der Waals surface area contributed by atoms with E-state index in [2.05, 4.69) is 30.6 Å². The lowest BCUT2D eigenvalue weighted by Crippen LogP contribution is -2.23. The minimum atomic E-state index is -0.450. The van der Waals surface area contributed by atoms with E-state index < -0.39 is 4.92 Å². The highest BCUT2D eigenvalue weighted by Gasteiger charge is 2.17. The van der Waals surface area contributed by atoms with Crippen molar-refractivity contribution in [1.29, 1.82) is 0 Å². The molecule has 0 amide bonds. The third-order valence-electron chi connectivity index (χ3n) is 3.48. The third kappa shape index (κ3) is 3.43. The van der Waals surface area contributed by atoms with Gasteiger partial charge in [-0.15, -0.1) is 0 Å². The van der Waals surface area contributed by atoms with Gasteiger partial charge in [0.2, 0.25) is 17.8 Å². The van der Waals surface area contributed by atoms with Crippen molar-refractivity contribution >= 4 is 29.2 Å². The minimum Gasteiger partial charge on any atom is -0.341 e. The lowest BCUT2D eigenvalue weighted by Gasteiger charge is -2.16. The van der Waals surface area contributed by atoms with Crippen LogP contribution < -0.4 is 21.5 Å². The number of non-ortho nitro benzene ring substituents is 1. The molecule has 2 heterocycles. The van der Waals surface area contributed by atoms with Crippen molar-refractivity contribution < 1.29 is 4.92 Å². The van der Waals surface area contributed by atoms with Crippen molar-refractivity contribution in [3.63, 3.8) is 0 Å². The molecule has 1 aromatic heterocycles. The van der Waals surface area contributed by atoms with Crippen LogP contribution in [-0.2, 0) is 0 Å². The average molecular weight is 316 g/mol. The van der Waals surface area contributed by atoms with Gasteiger partial charge in [0.1, 0.15) is 0 Å². The van der Waals surface area contributed by atoms with Crippen LogP contribution in [0.15, 0.2) is 24.3 Å². The molecule has 0 saturated carbocycles. The third-order valence-corrected chi connectivity index (χ3v) is 3.48. The second-order valence-corrected chi connectivity index (χ2v) is 5.05. The first-order chi connectivity index (χ1) is 11.2. The molecular formula is C13H16N8O2. The van der Waals surface area contributed by atoms with Crippen LogP contribution in [0.5, 0.6) is 0 Å². The lowest BCUT2D eigenvalue weighted by atomic mass is 10.3. The Morgan fingerprint density at radius 2 is 1.74 bits per heavy atom. The normalized spacial score (nSPS) is 13.9. The fourth-order valence-corrected chi connectivity index (χ4v) is 2.34. The average Bonchev–Trinajstić information content (AvgIpc) is 3.09. The topological polar surface area (TPSA) is 135 Å². The van der Waals surface area contributed by atoms with Crippen LogP contribution in [0.4, 0.5) is 29.2 Å². The van der Waals surface area contributed by atoms with E-state index in [1.165, 1.54) is 12.1 Å². The summed E-state index contributed by atoms with van der Waals surface area (Å²) >= 11 is 0. The van der Waals surface area contributed by atoms with Crippen molar-refractivity contribution in [2.24, 2.45) is 5.84 Å². The highest BCUT2D eigenvalue weighted by atomic mass is 16.6. The predicted octanol–water partition coefficient (Wildman–Crippen LogP) is 1.41. The van der Waals surface area contributed by atoms with Gasteiger partial charge in [0.05, 0.1) is 4.92 Å². The Morgan fingerprint density at radius 3 is 2.35 bits per heavy atom. The second-order valence-electron chi connectivity index (χ2n) is 5.05. The first-order valence-corrected chi connectivity index (χ1v) is 7.15. The lowest BCUT2D eigenvalue weighted by molar-refractivity contribution is -0.384. The van der Waals surface area contributed by atoms with Crippen molar-refractivity contribution in [3.05, 3.63) is 34.4 Å². The SMILES string of the molecule is NNc1nc(Nc2ccc([N+](=O)[O-])cc2)nc(N2CCCC2)n1. The molecule has 0 atom stereocenters. The summed E-state index contributed by atoms with van der Waals surface area (Å²) in [6.45, 7) is 1.79. The highest BCUT2D eigenvalue weighted by Crippen LogP contribution is 2.21. The molecule has 0 spiro atoms. The van der Waals surface area contributed by atoms with E-state index in [9.17, 15) is 10.1 Å². The van der Waals surface area contributed by atoms with Gasteiger partial charge in [-0.1, -0.05) is 0 Å². The number of hydrazine groups is 1. The number of nitro groups is 1. The zero-order chi connectivity index (χ0) is 16.2. The number of nitro benzene ring substituents is 1. The van der Waals surface area contributed by atoms with Crippen molar-refractivity contribution in [1.82, 2.24) is 15.0 Å². The van der Waals surface area contributed by atoms with E-state index in [-0.39, 0.29) is 11.6 Å². The Kier molecular flexibility index (Phi) is 4.15. The molecule has 1 aliphatic rings. The number of anilines is 4. The van der Waals surface area contributed by atoms with E-state index in [1.807, 2.05) is 0 Å². The molecular weight excluding hydrogens is 300 g/mol. The Hall–Kier alpha value is -3.01. The van der Waals surface area contributed by atoms with Gasteiger partial charge in [-0.2, -0.15) is 15.0 Å². The molecule has 1 saturated heterocycles. The largest absolute Gasteiger partial charge is 0.341 e. The van der Waals surface area contributed by atoms with E-state index >= 15 is 0 Å². The highest BCUT2D eigenvalue weighted by molar-refractivity contribution is 5.57. The minimum absolute atomic E-state index is 0.0215. The van der Waals surface area contributed by atoms with E-state index in [4.69, 9.17) is 5.84 Å². The maximum Gasteiger partial charge on any atom is 0.269 e. The first kappa shape index (κ1) is 14.9. The van der Waals surface area contributed by atoms with Crippen LogP contribution in [-0.4, -0.2) is 33.0 Å². The zero-order valence-corrected chi connectivity index (χ0v) is 12.3. The zero-order valence-electron chi connectivity index (χ0n) is 12.3. The van der Waals surface area contributed by atoms with Gasteiger partial charge in [0.15, 0.2) is 0 Å². The fraction of sp³-hybridized carbons (Fsp3) is 0.308. The standard InChI is InChI=1S/C13H16N8O2/c14-19-12-16-11(17-13(18-12)20-7-1-2-8-20)15-9-3-5-10(6-4-9)21(22)23/h3-6H,1-2,7-8,14H2,(H2,15,16,17,18,19). The maximum atomic E-state index is 10.7. The Bertz CT molecular complexity index is 700. The summed E-state index contributed by atoms with van der Waals surface area (Å²) in [7, 11) is 0. The molecule has 4 N–H and O–H groups in total. The summed E-state index contributed by atoms with van der Waals surface area (Å²) in [5, 5.41) is 13.7. The van der Waals surface area contributed by atoms with Gasteiger partial charge in [-0.05, 0) is 25.0 Å². The Balaban J connectivity index is 1.83. The molecule has 1 aromatic carbocycles. The molecule has 120 valence electrons. The summed E-state index contributed by atoms with van der Waals surface area (Å²) in [5.74, 6) is 6.54. The summed E-state index contributed by atoms with van der Waals surface area (Å²) in [5.41, 5.74) is 3.08. The molecule has 1 fully saturated rings. The van der Waals surface area contributed by atoms with Crippen LogP contribution in [0.1, 0.15) is 12.8 Å². The quantitative estimate of drug-likeness (QED) is 0.425. The van der Waals surface area contributed by atoms with E-state index in [1.54, 1.807) is 12.1 Å². The van der Waals surface area contributed by atoms with E-state index in [0.717, 1.165) is 25.9 Å². The molecule has 23 heavy (non-hydrogen) atoms. The molecule has 2 aromatic rings. The number of nitrogens with one attached hydrogen (secondary N) is 2. The molecule has 0 unspecified atom stereocenters. The van der Waals surface area contributed by atoms with Crippen molar-refractivity contribution in [3.8, 4) is 0 Å². The van der Waals surface area contributed by atoms with Gasteiger partial charge in [0.25, 0.3) is 5.69 Å².